The number of halogens is 1. The number of nitrogens with one attached hydrogen (secondary N) is 3. The van der Waals surface area contributed by atoms with Gasteiger partial charge in [0.1, 0.15) is 10.9 Å². The second-order valence-corrected chi connectivity index (χ2v) is 7.47. The van der Waals surface area contributed by atoms with E-state index in [0.29, 0.717) is 28.9 Å². The van der Waals surface area contributed by atoms with E-state index in [1.807, 2.05) is 36.4 Å². The van der Waals surface area contributed by atoms with Crippen LogP contribution >= 0.6 is 11.6 Å². The SMILES string of the molecule is N/N=C(\N)CC(=O)Nc1ccc2cc1CCc1cccc(c1)Nc1ncc(Cl)c(n1)N2. The summed E-state index contributed by atoms with van der Waals surface area (Å²) in [5, 5.41) is 13.1. The molecule has 0 spiro atoms. The number of anilines is 5. The van der Waals surface area contributed by atoms with Crippen molar-refractivity contribution in [3.05, 3.63) is 64.8 Å². The molecule has 10 heteroatoms. The van der Waals surface area contributed by atoms with Crippen molar-refractivity contribution in [3.8, 4) is 0 Å². The summed E-state index contributed by atoms with van der Waals surface area (Å²) in [5.41, 5.74) is 10.0. The van der Waals surface area contributed by atoms with E-state index in [1.165, 1.54) is 0 Å². The molecule has 1 aromatic heterocycles. The lowest BCUT2D eigenvalue weighted by Gasteiger charge is -2.14. The molecule has 6 bridgehead atoms. The number of hydrogen-bond donors (Lipinski definition) is 5. The van der Waals surface area contributed by atoms with Crippen molar-refractivity contribution in [2.45, 2.75) is 19.3 Å². The van der Waals surface area contributed by atoms with Crippen molar-refractivity contribution in [1.82, 2.24) is 9.97 Å². The number of nitrogens with two attached hydrogens (primary N) is 2. The number of rotatable bonds is 3. The summed E-state index contributed by atoms with van der Waals surface area (Å²) in [6, 6.07) is 13.6. The van der Waals surface area contributed by atoms with Crippen LogP contribution in [0.2, 0.25) is 5.02 Å². The Morgan fingerprint density at radius 3 is 2.84 bits per heavy atom. The first-order chi connectivity index (χ1) is 15.0. The summed E-state index contributed by atoms with van der Waals surface area (Å²) in [4.78, 5) is 21.0. The third-order valence-corrected chi connectivity index (χ3v) is 5.04. The van der Waals surface area contributed by atoms with Gasteiger partial charge in [-0.3, -0.25) is 4.79 Å². The van der Waals surface area contributed by atoms with Gasteiger partial charge in [-0.25, -0.2) is 4.98 Å². The van der Waals surface area contributed by atoms with E-state index < -0.39 is 0 Å². The van der Waals surface area contributed by atoms with Crippen LogP contribution in [0.4, 0.5) is 28.8 Å². The molecule has 0 aliphatic carbocycles. The molecule has 9 nitrogen and oxygen atoms in total. The zero-order valence-electron chi connectivity index (χ0n) is 16.5. The summed E-state index contributed by atoms with van der Waals surface area (Å²) >= 11 is 6.29. The molecule has 0 unspecified atom stereocenters. The van der Waals surface area contributed by atoms with Gasteiger partial charge in [-0.1, -0.05) is 23.7 Å². The third-order valence-electron chi connectivity index (χ3n) is 4.76. The quantitative estimate of drug-likeness (QED) is 0.183. The maximum Gasteiger partial charge on any atom is 0.232 e. The Kier molecular flexibility index (Phi) is 5.85. The number of aryl methyl sites for hydroxylation is 2. The van der Waals surface area contributed by atoms with Gasteiger partial charge >= 0.3 is 0 Å². The highest BCUT2D eigenvalue weighted by Crippen LogP contribution is 2.29. The van der Waals surface area contributed by atoms with Crippen LogP contribution < -0.4 is 27.5 Å². The number of hydrazone groups is 1. The Hall–Kier alpha value is -3.85. The van der Waals surface area contributed by atoms with E-state index in [2.05, 4.69) is 37.1 Å². The minimum absolute atomic E-state index is 0.0641. The number of carbonyl (C=O) groups excluding carboxylic acids is 1. The molecule has 0 saturated carbocycles. The predicted octanol–water partition coefficient (Wildman–Crippen LogP) is 3.28. The van der Waals surface area contributed by atoms with Gasteiger partial charge in [-0.2, -0.15) is 10.1 Å². The summed E-state index contributed by atoms with van der Waals surface area (Å²) in [5.74, 6) is 5.81. The van der Waals surface area contributed by atoms with Gasteiger partial charge in [0.15, 0.2) is 5.82 Å². The van der Waals surface area contributed by atoms with E-state index in [4.69, 9.17) is 23.2 Å². The largest absolute Gasteiger partial charge is 0.385 e. The first-order valence-electron chi connectivity index (χ1n) is 9.60. The molecule has 2 heterocycles. The first-order valence-corrected chi connectivity index (χ1v) is 9.98. The normalized spacial score (nSPS) is 13.0. The van der Waals surface area contributed by atoms with Crippen LogP contribution in [-0.4, -0.2) is 21.7 Å². The van der Waals surface area contributed by atoms with Crippen molar-refractivity contribution in [2.24, 2.45) is 16.7 Å². The number of aromatic nitrogens is 2. The van der Waals surface area contributed by atoms with Gasteiger partial charge in [0.2, 0.25) is 11.9 Å². The highest BCUT2D eigenvalue weighted by atomic mass is 35.5. The van der Waals surface area contributed by atoms with Crippen LogP contribution in [0.25, 0.3) is 0 Å². The Morgan fingerprint density at radius 2 is 2.00 bits per heavy atom. The van der Waals surface area contributed by atoms with Gasteiger partial charge in [-0.15, -0.1) is 0 Å². The zero-order valence-corrected chi connectivity index (χ0v) is 17.3. The molecule has 31 heavy (non-hydrogen) atoms. The molecule has 2 aromatic carbocycles. The zero-order chi connectivity index (χ0) is 21.8. The standard InChI is InChI=1S/C21H21ClN8O/c22-16-11-25-21-27-14-3-1-2-12(8-14)4-5-13-9-15(26-20(16)29-21)6-7-17(13)28-19(31)10-18(23)30-24/h1-3,6-9,11H,4-5,10,24H2,(H2,23,30)(H,28,31)(H2,25,26,27,29). The molecule has 7 N–H and O–H groups in total. The highest BCUT2D eigenvalue weighted by Gasteiger charge is 2.13. The molecule has 0 atom stereocenters. The van der Waals surface area contributed by atoms with E-state index in [1.54, 1.807) is 6.20 Å². The van der Waals surface area contributed by atoms with Gasteiger partial charge < -0.3 is 27.5 Å². The number of nitrogens with zero attached hydrogens (tertiary/aromatic N) is 3. The van der Waals surface area contributed by atoms with Gasteiger partial charge in [0.05, 0.1) is 12.6 Å². The molecule has 1 amide bonds. The lowest BCUT2D eigenvalue weighted by molar-refractivity contribution is -0.115. The molecule has 1 aliphatic heterocycles. The molecule has 3 aromatic rings. The number of benzene rings is 2. The number of fused-ring (bicyclic) bond motifs is 6. The van der Waals surface area contributed by atoms with Gasteiger partial charge in [0, 0.05) is 17.1 Å². The molecule has 4 rings (SSSR count). The summed E-state index contributed by atoms with van der Waals surface area (Å²) in [6.45, 7) is 0. The number of carbonyl (C=O) groups is 1. The predicted molar refractivity (Wildman–Crippen MR) is 123 cm³/mol. The highest BCUT2D eigenvalue weighted by molar-refractivity contribution is 6.32. The minimum atomic E-state index is -0.291. The average Bonchev–Trinajstić information content (AvgIpc) is 2.76. The van der Waals surface area contributed by atoms with Crippen molar-refractivity contribution >= 4 is 52.2 Å². The van der Waals surface area contributed by atoms with Crippen LogP contribution in [0.1, 0.15) is 17.5 Å². The number of amides is 1. The molecule has 0 fully saturated rings. The van der Waals surface area contributed by atoms with Gasteiger partial charge in [-0.05, 0) is 54.3 Å². The summed E-state index contributed by atoms with van der Waals surface area (Å²) < 4.78 is 0. The number of amidine groups is 1. The average molecular weight is 437 g/mol. The Balaban J connectivity index is 1.71. The molecule has 158 valence electrons. The smallest absolute Gasteiger partial charge is 0.232 e. The molecule has 0 radical (unpaired) electrons. The van der Waals surface area contributed by atoms with Crippen molar-refractivity contribution in [2.75, 3.05) is 16.0 Å². The topological polar surface area (TPSA) is 143 Å². The fraction of sp³-hybridized carbons (Fsp3) is 0.143. The van der Waals surface area contributed by atoms with E-state index in [9.17, 15) is 4.79 Å². The fourth-order valence-corrected chi connectivity index (χ4v) is 3.41. The van der Waals surface area contributed by atoms with E-state index in [-0.39, 0.29) is 18.2 Å². The minimum Gasteiger partial charge on any atom is -0.385 e. The summed E-state index contributed by atoms with van der Waals surface area (Å²) in [7, 11) is 0. The van der Waals surface area contributed by atoms with Crippen molar-refractivity contribution in [3.63, 3.8) is 0 Å². The molecule has 1 aliphatic rings. The third kappa shape index (κ3) is 5.01. The Bertz CT molecular complexity index is 1160. The molecule has 0 saturated heterocycles. The lowest BCUT2D eigenvalue weighted by atomic mass is 10.0. The fourth-order valence-electron chi connectivity index (χ4n) is 3.27. The maximum atomic E-state index is 12.3. The first kappa shape index (κ1) is 20.4. The van der Waals surface area contributed by atoms with Crippen LogP contribution in [0.5, 0.6) is 0 Å². The van der Waals surface area contributed by atoms with E-state index >= 15 is 0 Å². The van der Waals surface area contributed by atoms with Crippen LogP contribution in [-0.2, 0) is 17.6 Å². The van der Waals surface area contributed by atoms with E-state index in [0.717, 1.165) is 28.9 Å². The van der Waals surface area contributed by atoms with Crippen molar-refractivity contribution < 1.29 is 4.79 Å². The van der Waals surface area contributed by atoms with Crippen LogP contribution in [0, 0.1) is 0 Å². The molecular formula is C21H21ClN8O. The second kappa shape index (κ2) is 8.88. The Morgan fingerprint density at radius 1 is 1.16 bits per heavy atom. The lowest BCUT2D eigenvalue weighted by Crippen LogP contribution is -2.23. The van der Waals surface area contributed by atoms with Crippen molar-refractivity contribution in [1.29, 1.82) is 0 Å². The maximum absolute atomic E-state index is 12.3. The number of hydrogen-bond acceptors (Lipinski definition) is 7. The summed E-state index contributed by atoms with van der Waals surface area (Å²) in [6.07, 6.45) is 2.93. The Labute approximate surface area is 183 Å². The molecular weight excluding hydrogens is 416 g/mol. The van der Waals surface area contributed by atoms with Crippen LogP contribution in [0.15, 0.2) is 53.8 Å². The second-order valence-electron chi connectivity index (χ2n) is 7.06. The van der Waals surface area contributed by atoms with Gasteiger partial charge in [0.25, 0.3) is 0 Å². The monoisotopic (exact) mass is 436 g/mol. The van der Waals surface area contributed by atoms with Crippen LogP contribution in [0.3, 0.4) is 0 Å².